The van der Waals surface area contributed by atoms with Gasteiger partial charge >= 0.3 is 0 Å². The summed E-state index contributed by atoms with van der Waals surface area (Å²) in [4.78, 5) is 27.8. The lowest BCUT2D eigenvalue weighted by Gasteiger charge is -2.19. The quantitative estimate of drug-likeness (QED) is 0.740. The van der Waals surface area contributed by atoms with Crippen LogP contribution in [0.4, 0.5) is 5.69 Å². The standard InChI is InChI=1S/C19H17N5O3/c1-12(13-2-5-15(6-3-13)24-11-20-10-21-24)22-19(26)14-4-7-16-17(8-14)27-9-18(25)23-16/h2-8,10-12H,9H2,1H3,(H,22,26)(H,23,25). The zero-order valence-electron chi connectivity index (χ0n) is 14.5. The molecule has 2 aromatic carbocycles. The van der Waals surface area contributed by atoms with Crippen LogP contribution < -0.4 is 15.4 Å². The molecule has 1 aliphatic rings. The van der Waals surface area contributed by atoms with Crippen molar-refractivity contribution < 1.29 is 14.3 Å². The van der Waals surface area contributed by atoms with E-state index in [4.69, 9.17) is 4.74 Å². The Hall–Kier alpha value is -3.68. The van der Waals surface area contributed by atoms with E-state index >= 15 is 0 Å². The van der Waals surface area contributed by atoms with Gasteiger partial charge in [-0.1, -0.05) is 12.1 Å². The first-order valence-electron chi connectivity index (χ1n) is 8.43. The van der Waals surface area contributed by atoms with Crippen molar-refractivity contribution in [3.8, 4) is 11.4 Å². The first kappa shape index (κ1) is 16.8. The van der Waals surface area contributed by atoms with E-state index in [0.29, 0.717) is 17.0 Å². The van der Waals surface area contributed by atoms with Crippen molar-refractivity contribution >= 4 is 17.5 Å². The van der Waals surface area contributed by atoms with E-state index in [1.54, 1.807) is 29.2 Å². The number of ether oxygens (including phenoxy) is 1. The van der Waals surface area contributed by atoms with Crippen molar-refractivity contribution in [2.24, 2.45) is 0 Å². The summed E-state index contributed by atoms with van der Waals surface area (Å²) in [5.41, 5.74) is 2.90. The van der Waals surface area contributed by atoms with Gasteiger partial charge in [0.2, 0.25) is 0 Å². The van der Waals surface area contributed by atoms with Gasteiger partial charge in [0.25, 0.3) is 11.8 Å². The van der Waals surface area contributed by atoms with Crippen molar-refractivity contribution in [3.63, 3.8) is 0 Å². The van der Waals surface area contributed by atoms with E-state index in [1.165, 1.54) is 6.33 Å². The van der Waals surface area contributed by atoms with Crippen LogP contribution in [-0.4, -0.2) is 33.2 Å². The molecule has 27 heavy (non-hydrogen) atoms. The highest BCUT2D eigenvalue weighted by Crippen LogP contribution is 2.28. The minimum absolute atomic E-state index is 0.0490. The molecule has 0 saturated heterocycles. The molecule has 3 aromatic rings. The van der Waals surface area contributed by atoms with Gasteiger partial charge in [-0.2, -0.15) is 5.10 Å². The molecule has 0 radical (unpaired) electrons. The Morgan fingerprint density at radius 1 is 1.26 bits per heavy atom. The largest absolute Gasteiger partial charge is 0.482 e. The Kier molecular flexibility index (Phi) is 4.29. The molecule has 2 heterocycles. The molecule has 136 valence electrons. The van der Waals surface area contributed by atoms with Crippen LogP contribution in [-0.2, 0) is 4.79 Å². The Balaban J connectivity index is 1.45. The molecule has 0 saturated carbocycles. The minimum atomic E-state index is -0.217. The van der Waals surface area contributed by atoms with Gasteiger partial charge in [0, 0.05) is 5.56 Å². The summed E-state index contributed by atoms with van der Waals surface area (Å²) < 4.78 is 7.02. The topological polar surface area (TPSA) is 98.1 Å². The zero-order valence-corrected chi connectivity index (χ0v) is 14.5. The molecule has 8 nitrogen and oxygen atoms in total. The maximum absolute atomic E-state index is 12.6. The summed E-state index contributed by atoms with van der Waals surface area (Å²) in [6.45, 7) is 1.87. The normalized spacial score (nSPS) is 13.9. The predicted octanol–water partition coefficient (Wildman–Crippen LogP) is 2.09. The highest BCUT2D eigenvalue weighted by molar-refractivity contribution is 5.99. The number of nitrogens with zero attached hydrogens (tertiary/aromatic N) is 3. The summed E-state index contributed by atoms with van der Waals surface area (Å²) in [5, 5.41) is 9.75. The lowest BCUT2D eigenvalue weighted by Crippen LogP contribution is -2.28. The number of nitrogens with one attached hydrogen (secondary N) is 2. The highest BCUT2D eigenvalue weighted by atomic mass is 16.5. The number of aromatic nitrogens is 3. The Bertz CT molecular complexity index is 983. The molecule has 8 heteroatoms. The average molecular weight is 363 g/mol. The third-order valence-electron chi connectivity index (χ3n) is 4.30. The summed E-state index contributed by atoms with van der Waals surface area (Å²) >= 11 is 0. The van der Waals surface area contributed by atoms with Crippen LogP contribution >= 0.6 is 0 Å². The van der Waals surface area contributed by atoms with Gasteiger partial charge in [0.15, 0.2) is 6.61 Å². The molecular weight excluding hydrogens is 346 g/mol. The maximum Gasteiger partial charge on any atom is 0.262 e. The monoisotopic (exact) mass is 363 g/mol. The molecule has 0 bridgehead atoms. The van der Waals surface area contributed by atoms with Gasteiger partial charge in [0.1, 0.15) is 18.4 Å². The smallest absolute Gasteiger partial charge is 0.262 e. The molecule has 1 aliphatic heterocycles. The van der Waals surface area contributed by atoms with Crippen LogP contribution in [0.5, 0.6) is 5.75 Å². The van der Waals surface area contributed by atoms with E-state index < -0.39 is 0 Å². The number of anilines is 1. The molecular formula is C19H17N5O3. The fourth-order valence-corrected chi connectivity index (χ4v) is 2.84. The van der Waals surface area contributed by atoms with E-state index in [2.05, 4.69) is 20.7 Å². The van der Waals surface area contributed by atoms with Gasteiger partial charge in [-0.25, -0.2) is 9.67 Å². The summed E-state index contributed by atoms with van der Waals surface area (Å²) in [6, 6.07) is 12.5. The fraction of sp³-hybridized carbons (Fsp3) is 0.158. The fourth-order valence-electron chi connectivity index (χ4n) is 2.84. The first-order chi connectivity index (χ1) is 13.1. The molecule has 2 N–H and O–H groups in total. The maximum atomic E-state index is 12.6. The second-order valence-electron chi connectivity index (χ2n) is 6.17. The molecule has 2 amide bonds. The Morgan fingerprint density at radius 3 is 2.81 bits per heavy atom. The van der Waals surface area contributed by atoms with Crippen LogP contribution in [0.3, 0.4) is 0 Å². The molecule has 1 aromatic heterocycles. The predicted molar refractivity (Wildman–Crippen MR) is 97.8 cm³/mol. The third kappa shape index (κ3) is 3.50. The second kappa shape index (κ2) is 6.91. The number of hydrogen-bond donors (Lipinski definition) is 2. The molecule has 0 aliphatic carbocycles. The van der Waals surface area contributed by atoms with E-state index in [0.717, 1.165) is 11.3 Å². The highest BCUT2D eigenvalue weighted by Gasteiger charge is 2.19. The van der Waals surface area contributed by atoms with Crippen molar-refractivity contribution in [2.75, 3.05) is 11.9 Å². The van der Waals surface area contributed by atoms with Crippen molar-refractivity contribution in [2.45, 2.75) is 13.0 Å². The van der Waals surface area contributed by atoms with Crippen LogP contribution in [0.25, 0.3) is 5.69 Å². The van der Waals surface area contributed by atoms with Gasteiger partial charge in [-0.3, -0.25) is 9.59 Å². The van der Waals surface area contributed by atoms with Crippen LogP contribution in [0, 0.1) is 0 Å². The molecule has 1 unspecified atom stereocenters. The van der Waals surface area contributed by atoms with E-state index in [1.807, 2.05) is 31.2 Å². The Morgan fingerprint density at radius 2 is 2.07 bits per heavy atom. The van der Waals surface area contributed by atoms with E-state index in [-0.39, 0.29) is 24.5 Å². The molecule has 4 rings (SSSR count). The summed E-state index contributed by atoms with van der Waals surface area (Å²) in [6.07, 6.45) is 3.10. The number of amides is 2. The van der Waals surface area contributed by atoms with Gasteiger partial charge < -0.3 is 15.4 Å². The second-order valence-corrected chi connectivity index (χ2v) is 6.17. The van der Waals surface area contributed by atoms with Crippen molar-refractivity contribution in [1.82, 2.24) is 20.1 Å². The number of carbonyl (C=O) groups is 2. The van der Waals surface area contributed by atoms with E-state index in [9.17, 15) is 9.59 Å². The number of rotatable bonds is 4. The summed E-state index contributed by atoms with van der Waals surface area (Å²) in [5.74, 6) is 0.0703. The molecule has 0 fully saturated rings. The SMILES string of the molecule is CC(NC(=O)c1ccc2c(c1)OCC(=O)N2)c1ccc(-n2cncn2)cc1. The van der Waals surface area contributed by atoms with Gasteiger partial charge in [-0.05, 0) is 42.8 Å². The van der Waals surface area contributed by atoms with Crippen molar-refractivity contribution in [3.05, 3.63) is 66.2 Å². The van der Waals surface area contributed by atoms with Crippen molar-refractivity contribution in [1.29, 1.82) is 0 Å². The van der Waals surface area contributed by atoms with Crippen LogP contribution in [0.15, 0.2) is 55.1 Å². The molecule has 1 atom stereocenters. The number of carbonyl (C=O) groups excluding carboxylic acids is 2. The lowest BCUT2D eigenvalue weighted by atomic mass is 10.1. The molecule has 0 spiro atoms. The number of fused-ring (bicyclic) bond motifs is 1. The first-order valence-corrected chi connectivity index (χ1v) is 8.43. The lowest BCUT2D eigenvalue weighted by molar-refractivity contribution is -0.118. The Labute approximate surface area is 155 Å². The van der Waals surface area contributed by atoms with Crippen LogP contribution in [0.2, 0.25) is 0 Å². The number of hydrogen-bond acceptors (Lipinski definition) is 5. The van der Waals surface area contributed by atoms with Gasteiger partial charge in [-0.15, -0.1) is 0 Å². The minimum Gasteiger partial charge on any atom is -0.482 e. The zero-order chi connectivity index (χ0) is 18.8. The van der Waals surface area contributed by atoms with Gasteiger partial charge in [0.05, 0.1) is 17.4 Å². The number of benzene rings is 2. The third-order valence-corrected chi connectivity index (χ3v) is 4.30. The summed E-state index contributed by atoms with van der Waals surface area (Å²) in [7, 11) is 0. The van der Waals surface area contributed by atoms with Crippen LogP contribution in [0.1, 0.15) is 28.9 Å². The average Bonchev–Trinajstić information content (AvgIpc) is 3.22.